The molecule has 1 heterocycles. The Morgan fingerprint density at radius 1 is 1.16 bits per heavy atom. The molecule has 3 N–H and O–H groups in total. The molecule has 0 radical (unpaired) electrons. The second-order valence-corrected chi connectivity index (χ2v) is 6.93. The van der Waals surface area contributed by atoms with Crippen molar-refractivity contribution in [3.05, 3.63) is 0 Å². The van der Waals surface area contributed by atoms with Crippen molar-refractivity contribution in [2.75, 3.05) is 13.2 Å². The monoisotopic (exact) mass is 385 g/mol. The average molecular weight is 385 g/mol. The molecular weight excluding hydrogens is 357 g/mol. The molecule has 19 heavy (non-hydrogen) atoms. The van der Waals surface area contributed by atoms with Crippen LogP contribution in [-0.4, -0.2) is 55.7 Å². The summed E-state index contributed by atoms with van der Waals surface area (Å²) in [6.07, 6.45) is 7.17. The fourth-order valence-corrected chi connectivity index (χ4v) is 3.79. The van der Waals surface area contributed by atoms with E-state index in [1.54, 1.807) is 0 Å². The lowest BCUT2D eigenvalue weighted by molar-refractivity contribution is 0.0210. The molecule has 0 bridgehead atoms. The molecule has 5 heteroatoms. The number of nitrogens with zero attached hydrogens (tertiary/aromatic N) is 1. The zero-order valence-electron chi connectivity index (χ0n) is 11.8. The van der Waals surface area contributed by atoms with Crippen LogP contribution in [0.2, 0.25) is 0 Å². The van der Waals surface area contributed by atoms with E-state index in [0.29, 0.717) is 6.54 Å². The van der Waals surface area contributed by atoms with Crippen LogP contribution in [-0.2, 0) is 0 Å². The smallest absolute Gasteiger partial charge is 0.0989 e. The Kier molecular flexibility index (Phi) is 8.81. The predicted octanol–water partition coefficient (Wildman–Crippen LogP) is 1.90. The molecule has 0 aliphatic carbocycles. The van der Waals surface area contributed by atoms with Gasteiger partial charge in [-0.1, -0.05) is 68.0 Å². The summed E-state index contributed by atoms with van der Waals surface area (Å²) in [7, 11) is 0. The van der Waals surface area contributed by atoms with Gasteiger partial charge in [-0.3, -0.25) is 4.90 Å². The van der Waals surface area contributed by atoms with Crippen molar-refractivity contribution >= 4 is 22.6 Å². The van der Waals surface area contributed by atoms with Gasteiger partial charge in [-0.25, -0.2) is 0 Å². The Morgan fingerprint density at radius 3 is 2.42 bits per heavy atom. The van der Waals surface area contributed by atoms with Crippen molar-refractivity contribution in [2.45, 2.75) is 74.2 Å². The van der Waals surface area contributed by atoms with Gasteiger partial charge in [0, 0.05) is 6.54 Å². The van der Waals surface area contributed by atoms with Crippen LogP contribution in [0, 0.1) is 0 Å². The second kappa shape index (κ2) is 9.50. The van der Waals surface area contributed by atoms with E-state index in [-0.39, 0.29) is 16.7 Å². The molecule has 114 valence electrons. The summed E-state index contributed by atoms with van der Waals surface area (Å²) in [5.41, 5.74) is 0. The van der Waals surface area contributed by atoms with Crippen LogP contribution >= 0.6 is 22.6 Å². The van der Waals surface area contributed by atoms with Gasteiger partial charge in [0.25, 0.3) is 0 Å². The first-order chi connectivity index (χ1) is 9.11. The van der Waals surface area contributed by atoms with Crippen molar-refractivity contribution < 1.29 is 15.3 Å². The molecule has 0 aromatic rings. The Morgan fingerprint density at radius 2 is 1.79 bits per heavy atom. The van der Waals surface area contributed by atoms with Crippen molar-refractivity contribution in [1.29, 1.82) is 0 Å². The standard InChI is InChI=1S/C14H28INO3/c1-2-3-4-5-6-7-8-13(15)16-9-12(18)14(19)11(16)10-17/h11-14,17-19H,2-10H2,1H3. The molecule has 0 saturated carbocycles. The van der Waals surface area contributed by atoms with E-state index < -0.39 is 12.2 Å². The van der Waals surface area contributed by atoms with Gasteiger partial charge >= 0.3 is 0 Å². The van der Waals surface area contributed by atoms with Gasteiger partial charge in [-0.2, -0.15) is 0 Å². The molecule has 1 aliphatic heterocycles. The Balaban J connectivity index is 2.23. The summed E-state index contributed by atoms with van der Waals surface area (Å²) in [5, 5.41) is 28.8. The average Bonchev–Trinajstić information content (AvgIpc) is 2.69. The molecule has 0 aromatic heterocycles. The summed E-state index contributed by atoms with van der Waals surface area (Å²) in [6.45, 7) is 2.60. The number of halogens is 1. The SMILES string of the molecule is CCCCCCCCC(I)N1CC(O)C(O)C1CO. The number of hydrogen-bond donors (Lipinski definition) is 3. The fraction of sp³-hybridized carbons (Fsp3) is 1.00. The normalized spacial score (nSPS) is 29.8. The summed E-state index contributed by atoms with van der Waals surface area (Å²) < 4.78 is 0.285. The summed E-state index contributed by atoms with van der Waals surface area (Å²) in [6, 6.07) is -0.308. The van der Waals surface area contributed by atoms with Gasteiger partial charge in [-0.15, -0.1) is 0 Å². The lowest BCUT2D eigenvalue weighted by atomic mass is 10.1. The van der Waals surface area contributed by atoms with E-state index in [1.165, 1.54) is 38.5 Å². The van der Waals surface area contributed by atoms with Gasteiger partial charge in [0.2, 0.25) is 0 Å². The fourth-order valence-electron chi connectivity index (χ4n) is 2.71. The quantitative estimate of drug-likeness (QED) is 0.246. The third-order valence-corrected chi connectivity index (χ3v) is 5.29. The van der Waals surface area contributed by atoms with Gasteiger partial charge in [-0.05, 0) is 6.42 Å². The van der Waals surface area contributed by atoms with Crippen LogP contribution < -0.4 is 0 Å². The van der Waals surface area contributed by atoms with Crippen LogP contribution in [0.25, 0.3) is 0 Å². The molecule has 1 rings (SSSR count). The number of alkyl halides is 1. The van der Waals surface area contributed by atoms with Gasteiger partial charge < -0.3 is 15.3 Å². The topological polar surface area (TPSA) is 63.9 Å². The Hall–Kier alpha value is 0.570. The first-order valence-electron chi connectivity index (χ1n) is 7.48. The van der Waals surface area contributed by atoms with Crippen molar-refractivity contribution in [3.63, 3.8) is 0 Å². The minimum atomic E-state index is -0.813. The minimum absolute atomic E-state index is 0.0891. The number of hydrogen-bond acceptors (Lipinski definition) is 4. The van der Waals surface area contributed by atoms with Crippen LogP contribution in [0.5, 0.6) is 0 Å². The minimum Gasteiger partial charge on any atom is -0.395 e. The molecule has 4 unspecified atom stereocenters. The summed E-state index contributed by atoms with van der Waals surface area (Å²) in [5.74, 6) is 0. The number of likely N-dealkylation sites (tertiary alicyclic amines) is 1. The highest BCUT2D eigenvalue weighted by molar-refractivity contribution is 14.1. The highest BCUT2D eigenvalue weighted by Crippen LogP contribution is 2.27. The lowest BCUT2D eigenvalue weighted by Gasteiger charge is -2.28. The van der Waals surface area contributed by atoms with E-state index in [1.807, 2.05) is 4.90 Å². The van der Waals surface area contributed by atoms with Crippen molar-refractivity contribution in [1.82, 2.24) is 4.90 Å². The van der Waals surface area contributed by atoms with Crippen LogP contribution in [0.3, 0.4) is 0 Å². The highest BCUT2D eigenvalue weighted by atomic mass is 127. The largest absolute Gasteiger partial charge is 0.395 e. The Bertz CT molecular complexity index is 243. The number of β-amino-alcohol motifs (C(OH)–C–C–N with tert-alkyl or cyclic N) is 1. The summed E-state index contributed by atoms with van der Waals surface area (Å²) >= 11 is 2.36. The molecule has 1 fully saturated rings. The van der Waals surface area contributed by atoms with Crippen LogP contribution in [0.15, 0.2) is 0 Å². The molecule has 4 atom stereocenters. The Labute approximate surface area is 130 Å². The van der Waals surface area contributed by atoms with Crippen LogP contribution in [0.1, 0.15) is 51.9 Å². The zero-order chi connectivity index (χ0) is 14.3. The van der Waals surface area contributed by atoms with E-state index in [4.69, 9.17) is 0 Å². The number of aliphatic hydroxyl groups excluding tert-OH is 3. The maximum atomic E-state index is 9.79. The molecule has 0 amide bonds. The number of unbranched alkanes of at least 4 members (excludes halogenated alkanes) is 5. The van der Waals surface area contributed by atoms with E-state index >= 15 is 0 Å². The number of aliphatic hydroxyl groups is 3. The van der Waals surface area contributed by atoms with Gasteiger partial charge in [0.15, 0.2) is 0 Å². The van der Waals surface area contributed by atoms with Gasteiger partial charge in [0.1, 0.15) is 0 Å². The zero-order valence-corrected chi connectivity index (χ0v) is 14.0. The third-order valence-electron chi connectivity index (χ3n) is 3.96. The number of rotatable bonds is 9. The lowest BCUT2D eigenvalue weighted by Crippen LogP contribution is -2.42. The maximum absolute atomic E-state index is 9.79. The van der Waals surface area contributed by atoms with Crippen molar-refractivity contribution in [3.8, 4) is 0 Å². The maximum Gasteiger partial charge on any atom is 0.0989 e. The van der Waals surface area contributed by atoms with E-state index in [9.17, 15) is 15.3 Å². The van der Waals surface area contributed by atoms with Gasteiger partial charge in [0.05, 0.1) is 28.9 Å². The highest BCUT2D eigenvalue weighted by Gasteiger charge is 2.41. The van der Waals surface area contributed by atoms with E-state index in [2.05, 4.69) is 29.5 Å². The molecule has 1 aliphatic rings. The predicted molar refractivity (Wildman–Crippen MR) is 85.4 cm³/mol. The molecule has 1 saturated heterocycles. The third kappa shape index (κ3) is 5.46. The summed E-state index contributed by atoms with van der Waals surface area (Å²) in [4.78, 5) is 2.04. The second-order valence-electron chi connectivity index (χ2n) is 5.50. The molecule has 4 nitrogen and oxygen atoms in total. The first-order valence-corrected chi connectivity index (χ1v) is 8.73. The van der Waals surface area contributed by atoms with Crippen molar-refractivity contribution in [2.24, 2.45) is 0 Å². The molecule has 0 aromatic carbocycles. The molecular formula is C14H28INO3. The first kappa shape index (κ1) is 17.6. The van der Waals surface area contributed by atoms with E-state index in [0.717, 1.165) is 6.42 Å². The molecule has 0 spiro atoms. The van der Waals surface area contributed by atoms with Crippen LogP contribution in [0.4, 0.5) is 0 Å².